The molecular formula is C10H17N3O3S. The Hall–Kier alpha value is -0.920. The molecule has 1 aromatic rings. The molecule has 96 valence electrons. The summed E-state index contributed by atoms with van der Waals surface area (Å²) in [6.45, 7) is 2.20. The fourth-order valence-corrected chi connectivity index (χ4v) is 3.88. The Morgan fingerprint density at radius 2 is 2.47 bits per heavy atom. The van der Waals surface area contributed by atoms with Gasteiger partial charge in [0.05, 0.1) is 12.3 Å². The first-order chi connectivity index (χ1) is 8.01. The molecule has 1 saturated heterocycles. The molecular weight excluding hydrogens is 242 g/mol. The SMILES string of the molecule is CC(O)CC1CCCN1S(=O)(=O)c1cn[nH]c1. The number of nitrogens with zero attached hydrogens (tertiary/aromatic N) is 2. The third-order valence-electron chi connectivity index (χ3n) is 3.02. The lowest BCUT2D eigenvalue weighted by molar-refractivity contribution is 0.158. The van der Waals surface area contributed by atoms with Crippen molar-refractivity contribution in [1.29, 1.82) is 0 Å². The van der Waals surface area contributed by atoms with Crippen LogP contribution in [0.3, 0.4) is 0 Å². The molecule has 7 heteroatoms. The molecule has 6 nitrogen and oxygen atoms in total. The fraction of sp³-hybridized carbons (Fsp3) is 0.700. The van der Waals surface area contributed by atoms with Crippen LogP contribution in [0, 0.1) is 0 Å². The van der Waals surface area contributed by atoms with Gasteiger partial charge in [-0.3, -0.25) is 5.10 Å². The molecule has 1 aliphatic rings. The number of H-pyrrole nitrogens is 1. The summed E-state index contributed by atoms with van der Waals surface area (Å²) >= 11 is 0. The molecule has 1 aliphatic heterocycles. The maximum absolute atomic E-state index is 12.3. The van der Waals surface area contributed by atoms with Gasteiger partial charge in [-0.15, -0.1) is 0 Å². The second kappa shape index (κ2) is 4.75. The molecule has 1 fully saturated rings. The van der Waals surface area contributed by atoms with Crippen LogP contribution in [-0.4, -0.2) is 46.7 Å². The number of hydrogen-bond donors (Lipinski definition) is 2. The summed E-state index contributed by atoms with van der Waals surface area (Å²) in [5, 5.41) is 15.6. The van der Waals surface area contributed by atoms with E-state index < -0.39 is 16.1 Å². The minimum atomic E-state index is -3.46. The van der Waals surface area contributed by atoms with Crippen molar-refractivity contribution in [3.05, 3.63) is 12.4 Å². The summed E-state index contributed by atoms with van der Waals surface area (Å²) in [5.74, 6) is 0. The number of nitrogens with one attached hydrogen (secondary N) is 1. The van der Waals surface area contributed by atoms with Gasteiger partial charge in [0.2, 0.25) is 10.0 Å². The molecule has 0 saturated carbocycles. The summed E-state index contributed by atoms with van der Waals surface area (Å²) in [4.78, 5) is 0.190. The average Bonchev–Trinajstić information content (AvgIpc) is 2.85. The molecule has 2 atom stereocenters. The maximum Gasteiger partial charge on any atom is 0.246 e. The van der Waals surface area contributed by atoms with E-state index >= 15 is 0 Å². The lowest BCUT2D eigenvalue weighted by Gasteiger charge is -2.24. The lowest BCUT2D eigenvalue weighted by atomic mass is 10.1. The highest BCUT2D eigenvalue weighted by atomic mass is 32.2. The third-order valence-corrected chi connectivity index (χ3v) is 4.93. The second-order valence-electron chi connectivity index (χ2n) is 4.43. The molecule has 1 aromatic heterocycles. The van der Waals surface area contributed by atoms with Crippen LogP contribution < -0.4 is 0 Å². The van der Waals surface area contributed by atoms with Crippen LogP contribution in [0.25, 0.3) is 0 Å². The van der Waals surface area contributed by atoms with Crippen LogP contribution in [0.1, 0.15) is 26.2 Å². The summed E-state index contributed by atoms with van der Waals surface area (Å²) < 4.78 is 26.0. The Morgan fingerprint density at radius 3 is 3.06 bits per heavy atom. The van der Waals surface area contributed by atoms with E-state index in [9.17, 15) is 13.5 Å². The molecule has 2 unspecified atom stereocenters. The van der Waals surface area contributed by atoms with Crippen LogP contribution in [0.4, 0.5) is 0 Å². The van der Waals surface area contributed by atoms with E-state index in [0.717, 1.165) is 12.8 Å². The van der Waals surface area contributed by atoms with Gasteiger partial charge in [-0.25, -0.2) is 8.42 Å². The summed E-state index contributed by atoms with van der Waals surface area (Å²) in [7, 11) is -3.46. The Bertz CT molecular complexity index is 455. The highest BCUT2D eigenvalue weighted by Gasteiger charge is 2.36. The van der Waals surface area contributed by atoms with Crippen LogP contribution >= 0.6 is 0 Å². The predicted octanol–water partition coefficient (Wildman–Crippen LogP) is 0.334. The van der Waals surface area contributed by atoms with Crippen molar-refractivity contribution in [1.82, 2.24) is 14.5 Å². The van der Waals surface area contributed by atoms with E-state index in [-0.39, 0.29) is 10.9 Å². The van der Waals surface area contributed by atoms with Crippen molar-refractivity contribution in [3.63, 3.8) is 0 Å². The molecule has 0 aromatic carbocycles. The molecule has 0 radical (unpaired) electrons. The Morgan fingerprint density at radius 1 is 1.71 bits per heavy atom. The minimum absolute atomic E-state index is 0.102. The number of sulfonamides is 1. The van der Waals surface area contributed by atoms with Crippen molar-refractivity contribution in [2.24, 2.45) is 0 Å². The largest absolute Gasteiger partial charge is 0.393 e. The second-order valence-corrected chi connectivity index (χ2v) is 6.32. The Labute approximate surface area is 101 Å². The lowest BCUT2D eigenvalue weighted by Crippen LogP contribution is -2.37. The van der Waals surface area contributed by atoms with E-state index in [1.807, 2.05) is 0 Å². The van der Waals surface area contributed by atoms with Gasteiger partial charge in [0.25, 0.3) is 0 Å². The Balaban J connectivity index is 2.21. The quantitative estimate of drug-likeness (QED) is 0.816. The van der Waals surface area contributed by atoms with Crippen molar-refractivity contribution in [2.45, 2.75) is 43.2 Å². The number of aromatic nitrogens is 2. The maximum atomic E-state index is 12.3. The minimum Gasteiger partial charge on any atom is -0.393 e. The van der Waals surface area contributed by atoms with Crippen LogP contribution in [0.2, 0.25) is 0 Å². The number of rotatable bonds is 4. The molecule has 0 spiro atoms. The number of aliphatic hydroxyl groups excluding tert-OH is 1. The molecule has 0 aliphatic carbocycles. The zero-order chi connectivity index (χ0) is 12.5. The van der Waals surface area contributed by atoms with Crippen LogP contribution in [0.15, 0.2) is 17.3 Å². The highest BCUT2D eigenvalue weighted by molar-refractivity contribution is 7.89. The first kappa shape index (κ1) is 12.5. The van der Waals surface area contributed by atoms with E-state index in [1.165, 1.54) is 16.7 Å². The van der Waals surface area contributed by atoms with Crippen molar-refractivity contribution >= 4 is 10.0 Å². The van der Waals surface area contributed by atoms with E-state index in [1.54, 1.807) is 6.92 Å². The summed E-state index contributed by atoms with van der Waals surface area (Å²) in [6, 6.07) is -0.102. The van der Waals surface area contributed by atoms with Gasteiger partial charge < -0.3 is 5.11 Å². The van der Waals surface area contributed by atoms with Crippen LogP contribution in [0.5, 0.6) is 0 Å². The highest BCUT2D eigenvalue weighted by Crippen LogP contribution is 2.27. The van der Waals surface area contributed by atoms with Crippen molar-refractivity contribution in [2.75, 3.05) is 6.54 Å². The van der Waals surface area contributed by atoms with Gasteiger partial charge in [0.15, 0.2) is 0 Å². The zero-order valence-electron chi connectivity index (χ0n) is 9.70. The smallest absolute Gasteiger partial charge is 0.246 e. The first-order valence-electron chi connectivity index (χ1n) is 5.70. The van der Waals surface area contributed by atoms with E-state index in [4.69, 9.17) is 0 Å². The van der Waals surface area contributed by atoms with Crippen molar-refractivity contribution < 1.29 is 13.5 Å². The van der Waals surface area contributed by atoms with E-state index in [2.05, 4.69) is 10.2 Å². The third kappa shape index (κ3) is 2.51. The molecule has 0 amide bonds. The van der Waals surface area contributed by atoms with Gasteiger partial charge in [-0.2, -0.15) is 9.40 Å². The van der Waals surface area contributed by atoms with E-state index in [0.29, 0.717) is 13.0 Å². The molecule has 2 rings (SSSR count). The molecule has 0 bridgehead atoms. The number of aromatic amines is 1. The standard InChI is InChI=1S/C10H17N3O3S/c1-8(14)5-9-3-2-4-13(9)17(15,16)10-6-11-12-7-10/h6-9,14H,2-5H2,1H3,(H,11,12). The van der Waals surface area contributed by atoms with Gasteiger partial charge in [0, 0.05) is 18.8 Å². The first-order valence-corrected chi connectivity index (χ1v) is 7.14. The van der Waals surface area contributed by atoms with Gasteiger partial charge in [-0.05, 0) is 26.2 Å². The van der Waals surface area contributed by atoms with Crippen molar-refractivity contribution in [3.8, 4) is 0 Å². The summed E-state index contributed by atoms with van der Waals surface area (Å²) in [5.41, 5.74) is 0. The molecule has 2 heterocycles. The van der Waals surface area contributed by atoms with Gasteiger partial charge in [0.1, 0.15) is 4.90 Å². The summed E-state index contributed by atoms with van der Waals surface area (Å²) in [6.07, 6.45) is 4.34. The topological polar surface area (TPSA) is 86.3 Å². The zero-order valence-corrected chi connectivity index (χ0v) is 10.5. The van der Waals surface area contributed by atoms with Gasteiger partial charge >= 0.3 is 0 Å². The monoisotopic (exact) mass is 259 g/mol. The predicted molar refractivity (Wildman–Crippen MR) is 61.8 cm³/mol. The average molecular weight is 259 g/mol. The fourth-order valence-electron chi connectivity index (χ4n) is 2.27. The normalized spacial score (nSPS) is 24.0. The molecule has 17 heavy (non-hydrogen) atoms. The molecule has 2 N–H and O–H groups in total. The number of hydrogen-bond acceptors (Lipinski definition) is 4. The van der Waals surface area contributed by atoms with Crippen LogP contribution in [-0.2, 0) is 10.0 Å². The Kier molecular flexibility index (Phi) is 3.50. The van der Waals surface area contributed by atoms with Gasteiger partial charge in [-0.1, -0.05) is 0 Å². The number of aliphatic hydroxyl groups is 1.